The summed E-state index contributed by atoms with van der Waals surface area (Å²) in [5.41, 5.74) is 1.81. The van der Waals surface area contributed by atoms with Crippen molar-refractivity contribution in [2.24, 2.45) is 0 Å². The van der Waals surface area contributed by atoms with E-state index in [0.717, 1.165) is 16.9 Å². The third-order valence-electron chi connectivity index (χ3n) is 2.86. The molecule has 1 amide bonds. The van der Waals surface area contributed by atoms with Gasteiger partial charge in [0.15, 0.2) is 0 Å². The van der Waals surface area contributed by atoms with Crippen molar-refractivity contribution >= 4 is 18.0 Å². The quantitative estimate of drug-likeness (QED) is 0.817. The fourth-order valence-corrected chi connectivity index (χ4v) is 1.84. The first-order valence-electron chi connectivity index (χ1n) is 6.21. The van der Waals surface area contributed by atoms with Crippen LogP contribution in [-0.2, 0) is 9.59 Å². The fraction of sp³-hybridized carbons (Fsp3) is 0.200. The van der Waals surface area contributed by atoms with E-state index in [9.17, 15) is 9.59 Å². The zero-order valence-electron chi connectivity index (χ0n) is 11.0. The summed E-state index contributed by atoms with van der Waals surface area (Å²) in [6.45, 7) is 1.50. The first kappa shape index (κ1) is 13.9. The van der Waals surface area contributed by atoms with Crippen LogP contribution < -0.4 is 10.1 Å². The molecule has 0 unspecified atom stereocenters. The van der Waals surface area contributed by atoms with Crippen LogP contribution in [0, 0.1) is 0 Å². The van der Waals surface area contributed by atoms with Gasteiger partial charge in [-0.2, -0.15) is 0 Å². The average Bonchev–Trinajstić information content (AvgIpc) is 2.42. The maximum absolute atomic E-state index is 11.4. The van der Waals surface area contributed by atoms with E-state index in [2.05, 4.69) is 5.32 Å². The second kappa shape index (κ2) is 6.06. The number of aliphatic carboxylic acids is 1. The summed E-state index contributed by atoms with van der Waals surface area (Å²) in [7, 11) is 0. The maximum Gasteiger partial charge on any atom is 0.322 e. The second-order valence-electron chi connectivity index (χ2n) is 4.39. The number of benzene rings is 1. The molecule has 0 fully saturated rings. The van der Waals surface area contributed by atoms with E-state index < -0.39 is 18.4 Å². The highest BCUT2D eigenvalue weighted by Crippen LogP contribution is 2.29. The number of hydrogen-bond donors (Lipinski definition) is 2. The number of hydrogen-bond acceptors (Lipinski definition) is 3. The van der Waals surface area contributed by atoms with E-state index in [-0.39, 0.29) is 6.10 Å². The normalized spacial score (nSPS) is 17.1. The van der Waals surface area contributed by atoms with Crippen LogP contribution in [0.4, 0.5) is 0 Å². The molecule has 0 aromatic heterocycles. The van der Waals surface area contributed by atoms with Gasteiger partial charge in [-0.3, -0.25) is 9.59 Å². The lowest BCUT2D eigenvalue weighted by Crippen LogP contribution is -2.27. The molecule has 1 aliphatic rings. The van der Waals surface area contributed by atoms with Gasteiger partial charge in [0.25, 0.3) is 0 Å². The molecule has 0 aliphatic carbocycles. The van der Waals surface area contributed by atoms with E-state index in [1.54, 1.807) is 6.08 Å². The smallest absolute Gasteiger partial charge is 0.322 e. The molecule has 2 rings (SSSR count). The second-order valence-corrected chi connectivity index (χ2v) is 4.39. The highest BCUT2D eigenvalue weighted by molar-refractivity contribution is 5.90. The fourth-order valence-electron chi connectivity index (χ4n) is 1.84. The number of carbonyl (C=O) groups is 2. The number of nitrogens with one attached hydrogen (secondary N) is 1. The van der Waals surface area contributed by atoms with Crippen molar-refractivity contribution in [2.45, 2.75) is 13.0 Å². The van der Waals surface area contributed by atoms with E-state index in [0.29, 0.717) is 0 Å². The number of carboxylic acid groups (broad SMARTS) is 1. The Balaban J connectivity index is 2.07. The van der Waals surface area contributed by atoms with E-state index in [1.807, 2.05) is 37.3 Å². The molecule has 0 spiro atoms. The van der Waals surface area contributed by atoms with Crippen molar-refractivity contribution in [3.8, 4) is 5.75 Å². The Morgan fingerprint density at radius 2 is 2.15 bits per heavy atom. The van der Waals surface area contributed by atoms with Crippen molar-refractivity contribution in [3.63, 3.8) is 0 Å². The summed E-state index contributed by atoms with van der Waals surface area (Å²) in [6.07, 6.45) is 4.73. The summed E-state index contributed by atoms with van der Waals surface area (Å²) in [6, 6.07) is 7.64. The summed E-state index contributed by atoms with van der Waals surface area (Å²) in [5, 5.41) is 10.7. The Hall–Kier alpha value is -2.56. The van der Waals surface area contributed by atoms with Crippen molar-refractivity contribution in [1.29, 1.82) is 0 Å². The van der Waals surface area contributed by atoms with Crippen molar-refractivity contribution < 1.29 is 19.4 Å². The van der Waals surface area contributed by atoms with Crippen LogP contribution in [0.1, 0.15) is 12.5 Å². The van der Waals surface area contributed by atoms with Crippen LogP contribution in [0.15, 0.2) is 42.0 Å². The molecule has 2 N–H and O–H groups in total. The standard InChI is InChI=1S/C15H15NO4/c1-10-11(6-7-14(17)16-9-15(18)19)8-12-4-2-3-5-13(12)20-10/h2-8,10H,9H2,1H3,(H,16,17)(H,18,19)/b7-6+/t10-/m0/s1. The first-order chi connectivity index (χ1) is 9.56. The third kappa shape index (κ3) is 3.47. The Morgan fingerprint density at radius 3 is 2.90 bits per heavy atom. The van der Waals surface area contributed by atoms with Gasteiger partial charge < -0.3 is 15.2 Å². The number of rotatable bonds is 4. The summed E-state index contributed by atoms with van der Waals surface area (Å²) in [4.78, 5) is 21.7. The molecule has 0 bridgehead atoms. The Labute approximate surface area is 116 Å². The van der Waals surface area contributed by atoms with Gasteiger partial charge in [-0.25, -0.2) is 0 Å². The van der Waals surface area contributed by atoms with Crippen molar-refractivity contribution in [2.75, 3.05) is 6.54 Å². The molecular formula is C15H15NO4. The molecule has 0 radical (unpaired) electrons. The molecule has 1 atom stereocenters. The molecule has 1 aromatic carbocycles. The summed E-state index contributed by atoms with van der Waals surface area (Å²) in [5.74, 6) is -0.707. The molecule has 104 valence electrons. The van der Waals surface area contributed by atoms with Gasteiger partial charge in [0, 0.05) is 11.6 Å². The van der Waals surface area contributed by atoms with E-state index >= 15 is 0 Å². The zero-order valence-corrected chi connectivity index (χ0v) is 11.0. The van der Waals surface area contributed by atoms with Crippen LogP contribution in [0.5, 0.6) is 5.75 Å². The lowest BCUT2D eigenvalue weighted by atomic mass is 10.0. The van der Waals surface area contributed by atoms with Gasteiger partial charge in [0.05, 0.1) is 0 Å². The summed E-state index contributed by atoms with van der Waals surface area (Å²) < 4.78 is 5.73. The van der Waals surface area contributed by atoms with E-state index in [4.69, 9.17) is 9.84 Å². The van der Waals surface area contributed by atoms with Gasteiger partial charge in [0.2, 0.25) is 5.91 Å². The van der Waals surface area contributed by atoms with Gasteiger partial charge in [-0.1, -0.05) is 18.2 Å². The Kier molecular flexibility index (Phi) is 4.20. The number of carbonyl (C=O) groups excluding carboxylic acids is 1. The van der Waals surface area contributed by atoms with Crippen molar-refractivity contribution in [3.05, 3.63) is 47.6 Å². The molecule has 0 saturated carbocycles. The lowest BCUT2D eigenvalue weighted by molar-refractivity contribution is -0.137. The molecule has 1 aliphatic heterocycles. The van der Waals surface area contributed by atoms with Gasteiger partial charge in [0.1, 0.15) is 18.4 Å². The number of amides is 1. The molecule has 20 heavy (non-hydrogen) atoms. The number of para-hydroxylation sites is 1. The van der Waals surface area contributed by atoms with Gasteiger partial charge in [-0.15, -0.1) is 0 Å². The van der Waals surface area contributed by atoms with Crippen LogP contribution in [0.2, 0.25) is 0 Å². The number of fused-ring (bicyclic) bond motifs is 1. The van der Waals surface area contributed by atoms with Crippen LogP contribution in [0.25, 0.3) is 6.08 Å². The molecule has 5 nitrogen and oxygen atoms in total. The average molecular weight is 273 g/mol. The topological polar surface area (TPSA) is 75.6 Å². The first-order valence-corrected chi connectivity index (χ1v) is 6.21. The summed E-state index contributed by atoms with van der Waals surface area (Å²) >= 11 is 0. The Morgan fingerprint density at radius 1 is 1.40 bits per heavy atom. The minimum absolute atomic E-state index is 0.159. The van der Waals surface area contributed by atoms with Gasteiger partial charge in [-0.05, 0) is 30.7 Å². The highest BCUT2D eigenvalue weighted by Gasteiger charge is 2.16. The molecule has 5 heteroatoms. The number of ether oxygens (including phenoxy) is 1. The van der Waals surface area contributed by atoms with E-state index in [1.165, 1.54) is 6.08 Å². The maximum atomic E-state index is 11.4. The monoisotopic (exact) mass is 273 g/mol. The minimum Gasteiger partial charge on any atom is -0.485 e. The molecular weight excluding hydrogens is 258 g/mol. The van der Waals surface area contributed by atoms with Crippen molar-refractivity contribution in [1.82, 2.24) is 5.32 Å². The predicted octanol–water partition coefficient (Wildman–Crippen LogP) is 1.61. The van der Waals surface area contributed by atoms with Crippen LogP contribution in [0.3, 0.4) is 0 Å². The van der Waals surface area contributed by atoms with Crippen LogP contribution >= 0.6 is 0 Å². The molecule has 0 saturated heterocycles. The molecule has 1 heterocycles. The minimum atomic E-state index is -1.07. The lowest BCUT2D eigenvalue weighted by Gasteiger charge is -2.22. The highest BCUT2D eigenvalue weighted by atomic mass is 16.5. The SMILES string of the molecule is C[C@@H]1Oc2ccccc2C=C1/C=C/C(=O)NCC(=O)O. The third-order valence-corrected chi connectivity index (χ3v) is 2.86. The predicted molar refractivity (Wildman–Crippen MR) is 74.3 cm³/mol. The van der Waals surface area contributed by atoms with Gasteiger partial charge >= 0.3 is 5.97 Å². The Bertz CT molecular complexity index is 589. The zero-order chi connectivity index (χ0) is 14.5. The molecule has 1 aromatic rings. The number of carboxylic acids is 1. The van der Waals surface area contributed by atoms with Crippen LogP contribution in [-0.4, -0.2) is 29.6 Å². The largest absolute Gasteiger partial charge is 0.485 e.